The second kappa shape index (κ2) is 10.8. The van der Waals surface area contributed by atoms with Crippen LogP contribution in [0.2, 0.25) is 5.04 Å². The molecule has 190 valence electrons. The van der Waals surface area contributed by atoms with Crippen LogP contribution in [-0.2, 0) is 11.0 Å². The van der Waals surface area contributed by atoms with E-state index in [-0.39, 0.29) is 17.3 Å². The summed E-state index contributed by atoms with van der Waals surface area (Å²) in [5.74, 6) is 0.566. The van der Waals surface area contributed by atoms with Crippen LogP contribution in [0.15, 0.2) is 137 Å². The largest absolute Gasteiger partial charge is 0.422 e. The van der Waals surface area contributed by atoms with E-state index in [0.29, 0.717) is 11.3 Å². The van der Waals surface area contributed by atoms with Gasteiger partial charge in [0.15, 0.2) is 0 Å². The van der Waals surface area contributed by atoms with Gasteiger partial charge in [-0.15, -0.1) is 0 Å². The lowest BCUT2D eigenvalue weighted by atomic mass is 9.99. The van der Waals surface area contributed by atoms with Crippen molar-refractivity contribution in [1.29, 1.82) is 0 Å². The Kier molecular flexibility index (Phi) is 7.28. The Balaban J connectivity index is 1.64. The SMILES string of the molecule is CC(C)(C)[Si](OCc1cc(-c2ccccc2)c(-c2ccccc2)oc1=O)(c1ccccc1)c1ccccc1. The Hall–Kier alpha value is -3.99. The van der Waals surface area contributed by atoms with Gasteiger partial charge in [-0.1, -0.05) is 142 Å². The topological polar surface area (TPSA) is 39.4 Å². The normalized spacial score (nSPS) is 11.9. The third-order valence-corrected chi connectivity index (χ3v) is 12.0. The van der Waals surface area contributed by atoms with Gasteiger partial charge < -0.3 is 8.84 Å². The first-order valence-electron chi connectivity index (χ1n) is 12.9. The highest BCUT2D eigenvalue weighted by atomic mass is 28.4. The Morgan fingerprint density at radius 2 is 1.11 bits per heavy atom. The van der Waals surface area contributed by atoms with Crippen molar-refractivity contribution in [1.82, 2.24) is 0 Å². The summed E-state index contributed by atoms with van der Waals surface area (Å²) in [7, 11) is -2.81. The lowest BCUT2D eigenvalue weighted by Gasteiger charge is -2.43. The zero-order chi connectivity index (χ0) is 26.6. The fourth-order valence-corrected chi connectivity index (χ4v) is 9.72. The van der Waals surface area contributed by atoms with Crippen molar-refractivity contribution in [2.75, 3.05) is 0 Å². The summed E-state index contributed by atoms with van der Waals surface area (Å²) < 4.78 is 13.1. The molecule has 5 rings (SSSR count). The molecule has 5 aromatic rings. The molecule has 0 fully saturated rings. The monoisotopic (exact) mass is 516 g/mol. The molecule has 0 saturated heterocycles. The highest BCUT2D eigenvalue weighted by Crippen LogP contribution is 2.38. The van der Waals surface area contributed by atoms with Gasteiger partial charge in [-0.3, -0.25) is 0 Å². The van der Waals surface area contributed by atoms with Crippen molar-refractivity contribution in [3.63, 3.8) is 0 Å². The van der Waals surface area contributed by atoms with Gasteiger partial charge in [0.25, 0.3) is 8.32 Å². The average Bonchev–Trinajstić information content (AvgIpc) is 2.95. The lowest BCUT2D eigenvalue weighted by molar-refractivity contribution is 0.280. The van der Waals surface area contributed by atoms with Crippen LogP contribution in [0.3, 0.4) is 0 Å². The van der Waals surface area contributed by atoms with Gasteiger partial charge in [0.2, 0.25) is 0 Å². The van der Waals surface area contributed by atoms with E-state index in [1.54, 1.807) is 0 Å². The molecule has 0 amide bonds. The van der Waals surface area contributed by atoms with Crippen molar-refractivity contribution in [2.24, 2.45) is 0 Å². The quantitative estimate of drug-likeness (QED) is 0.218. The van der Waals surface area contributed by atoms with E-state index in [4.69, 9.17) is 8.84 Å². The molecule has 0 spiro atoms. The van der Waals surface area contributed by atoms with E-state index < -0.39 is 8.32 Å². The molecule has 0 atom stereocenters. The maximum absolute atomic E-state index is 13.4. The summed E-state index contributed by atoms with van der Waals surface area (Å²) in [5.41, 5.74) is 2.86. The Morgan fingerprint density at radius 3 is 1.58 bits per heavy atom. The van der Waals surface area contributed by atoms with Gasteiger partial charge in [-0.25, -0.2) is 4.79 Å². The Bertz CT molecular complexity index is 1500. The first kappa shape index (κ1) is 25.6. The van der Waals surface area contributed by atoms with Crippen LogP contribution in [0.25, 0.3) is 22.5 Å². The van der Waals surface area contributed by atoms with Gasteiger partial charge in [0, 0.05) is 11.1 Å². The fourth-order valence-electron chi connectivity index (χ4n) is 5.20. The molecule has 0 bridgehead atoms. The first-order valence-corrected chi connectivity index (χ1v) is 14.8. The average molecular weight is 517 g/mol. The summed E-state index contributed by atoms with van der Waals surface area (Å²) in [6.45, 7) is 6.85. The molecule has 4 heteroatoms. The lowest BCUT2D eigenvalue weighted by Crippen LogP contribution is -2.66. The first-order chi connectivity index (χ1) is 18.4. The minimum atomic E-state index is -2.81. The van der Waals surface area contributed by atoms with Gasteiger partial charge in [0.05, 0.1) is 12.2 Å². The third-order valence-electron chi connectivity index (χ3n) is 7.00. The van der Waals surface area contributed by atoms with Crippen molar-refractivity contribution in [3.8, 4) is 22.5 Å². The molecule has 0 saturated carbocycles. The smallest absolute Gasteiger partial charge is 0.341 e. The molecule has 0 N–H and O–H groups in total. The highest BCUT2D eigenvalue weighted by molar-refractivity contribution is 6.99. The number of benzene rings is 4. The molecule has 4 aromatic carbocycles. The molecule has 0 unspecified atom stereocenters. The van der Waals surface area contributed by atoms with Crippen LogP contribution in [-0.4, -0.2) is 8.32 Å². The summed E-state index contributed by atoms with van der Waals surface area (Å²) in [6, 6.07) is 42.7. The van der Waals surface area contributed by atoms with Gasteiger partial charge >= 0.3 is 5.63 Å². The third kappa shape index (κ3) is 4.93. The fraction of sp³-hybridized carbons (Fsp3) is 0.147. The summed E-state index contributed by atoms with van der Waals surface area (Å²) in [4.78, 5) is 13.4. The van der Waals surface area contributed by atoms with Crippen LogP contribution < -0.4 is 16.0 Å². The van der Waals surface area contributed by atoms with E-state index >= 15 is 0 Å². The minimum absolute atomic E-state index is 0.157. The maximum atomic E-state index is 13.4. The molecule has 1 heterocycles. The van der Waals surface area contributed by atoms with E-state index in [1.165, 1.54) is 10.4 Å². The number of hydrogen-bond donors (Lipinski definition) is 0. The van der Waals surface area contributed by atoms with Crippen molar-refractivity contribution < 1.29 is 8.84 Å². The maximum Gasteiger partial charge on any atom is 0.341 e. The second-order valence-electron chi connectivity index (χ2n) is 10.5. The van der Waals surface area contributed by atoms with Crippen LogP contribution in [0.1, 0.15) is 26.3 Å². The molecule has 0 radical (unpaired) electrons. The van der Waals surface area contributed by atoms with Crippen molar-refractivity contribution in [3.05, 3.63) is 143 Å². The van der Waals surface area contributed by atoms with Gasteiger partial charge in [0.1, 0.15) is 5.76 Å². The van der Waals surface area contributed by atoms with Crippen molar-refractivity contribution >= 4 is 18.7 Å². The summed E-state index contributed by atoms with van der Waals surface area (Å²) in [6.07, 6.45) is 0. The molecular weight excluding hydrogens is 484 g/mol. The minimum Gasteiger partial charge on any atom is -0.422 e. The van der Waals surface area contributed by atoms with E-state index in [2.05, 4.69) is 69.3 Å². The van der Waals surface area contributed by atoms with Gasteiger partial charge in [-0.05, 0) is 27.0 Å². The second-order valence-corrected chi connectivity index (χ2v) is 14.8. The zero-order valence-corrected chi connectivity index (χ0v) is 23.1. The van der Waals surface area contributed by atoms with E-state index in [9.17, 15) is 4.79 Å². The molecule has 0 aliphatic heterocycles. The number of hydrogen-bond acceptors (Lipinski definition) is 3. The van der Waals surface area contributed by atoms with Crippen LogP contribution in [0.4, 0.5) is 0 Å². The predicted molar refractivity (Wildman–Crippen MR) is 158 cm³/mol. The molecule has 3 nitrogen and oxygen atoms in total. The molecule has 1 aromatic heterocycles. The van der Waals surface area contributed by atoms with E-state index in [0.717, 1.165) is 16.7 Å². The van der Waals surface area contributed by atoms with Crippen molar-refractivity contribution in [2.45, 2.75) is 32.4 Å². The molecule has 0 aliphatic rings. The van der Waals surface area contributed by atoms with E-state index in [1.807, 2.05) is 78.9 Å². The zero-order valence-electron chi connectivity index (χ0n) is 22.1. The van der Waals surface area contributed by atoms with Crippen LogP contribution >= 0.6 is 0 Å². The summed E-state index contributed by atoms with van der Waals surface area (Å²) >= 11 is 0. The summed E-state index contributed by atoms with van der Waals surface area (Å²) in [5, 5.41) is 2.15. The molecule has 38 heavy (non-hydrogen) atoms. The highest BCUT2D eigenvalue weighted by Gasteiger charge is 2.50. The van der Waals surface area contributed by atoms with Crippen LogP contribution in [0, 0.1) is 0 Å². The van der Waals surface area contributed by atoms with Gasteiger partial charge in [-0.2, -0.15) is 0 Å². The molecular formula is C34H32O3Si. The Labute approximate surface area is 225 Å². The molecule has 0 aliphatic carbocycles. The Morgan fingerprint density at radius 1 is 0.658 bits per heavy atom. The predicted octanol–water partition coefficient (Wildman–Crippen LogP) is 7.05. The van der Waals surface area contributed by atoms with Crippen LogP contribution in [0.5, 0.6) is 0 Å². The number of rotatable bonds is 7. The standard InChI is InChI=1S/C34H32O3Si/c1-34(2,3)38(29-20-12-6-13-21-29,30-22-14-7-15-23-30)36-25-28-24-31(26-16-8-4-9-17-26)32(37-33(28)35)27-18-10-5-11-19-27/h4-24H,25H2,1-3H3.